The van der Waals surface area contributed by atoms with Crippen LogP contribution in [0.3, 0.4) is 0 Å². The molecule has 0 unspecified atom stereocenters. The highest BCUT2D eigenvalue weighted by Gasteiger charge is 2.31. The van der Waals surface area contributed by atoms with Crippen molar-refractivity contribution in [2.24, 2.45) is 17.8 Å². The van der Waals surface area contributed by atoms with Gasteiger partial charge in [-0.3, -0.25) is 4.79 Å². The third kappa shape index (κ3) is 5.09. The second kappa shape index (κ2) is 9.53. The Hall–Kier alpha value is -1.37. The summed E-state index contributed by atoms with van der Waals surface area (Å²) < 4.78 is 0. The van der Waals surface area contributed by atoms with Gasteiger partial charge in [0.25, 0.3) is 0 Å². The Morgan fingerprint density at radius 1 is 0.962 bits per heavy atom. The Bertz CT molecular complexity index is 569. The highest BCUT2D eigenvalue weighted by atomic mass is 16.1. The Morgan fingerprint density at radius 2 is 1.54 bits per heavy atom. The lowest BCUT2D eigenvalue weighted by Crippen LogP contribution is -2.25. The maximum atomic E-state index is 11.5. The number of carbonyl (C=O) groups is 1. The predicted molar refractivity (Wildman–Crippen MR) is 110 cm³/mol. The number of allylic oxidation sites excluding steroid dienone is 1. The Balaban J connectivity index is 1.46. The van der Waals surface area contributed by atoms with Gasteiger partial charge in [0.15, 0.2) is 5.78 Å². The van der Waals surface area contributed by atoms with E-state index < -0.39 is 0 Å². The van der Waals surface area contributed by atoms with Gasteiger partial charge in [-0.1, -0.05) is 63.5 Å². The lowest BCUT2D eigenvalue weighted by Gasteiger charge is -2.38. The zero-order valence-electron chi connectivity index (χ0n) is 16.6. The molecule has 2 saturated carbocycles. The first-order valence-corrected chi connectivity index (χ1v) is 10.9. The molecule has 2 aliphatic rings. The molecule has 2 aliphatic carbocycles. The number of hydrogen-bond donors (Lipinski definition) is 0. The molecule has 0 aromatic heterocycles. The third-order valence-electron chi connectivity index (χ3n) is 7.08. The van der Waals surface area contributed by atoms with E-state index in [1.165, 1.54) is 75.8 Å². The molecule has 2 fully saturated rings. The summed E-state index contributed by atoms with van der Waals surface area (Å²) >= 11 is 0. The molecule has 0 radical (unpaired) electrons. The topological polar surface area (TPSA) is 17.1 Å². The molecule has 1 nitrogen and oxygen atoms in total. The summed E-state index contributed by atoms with van der Waals surface area (Å²) in [7, 11) is 0. The highest BCUT2D eigenvalue weighted by Crippen LogP contribution is 2.44. The van der Waals surface area contributed by atoms with Gasteiger partial charge in [0.2, 0.25) is 0 Å². The first-order valence-electron chi connectivity index (χ1n) is 10.9. The molecule has 1 aromatic carbocycles. The molecular formula is C25H36O. The number of ketones is 1. The molecule has 0 aliphatic heterocycles. The number of rotatable bonds is 7. The molecule has 3 rings (SSSR count). The van der Waals surface area contributed by atoms with Gasteiger partial charge in [-0.05, 0) is 79.4 Å². The number of carbonyl (C=O) groups excluding carboxylic acids is 1. The molecule has 0 atom stereocenters. The lowest BCUT2D eigenvalue weighted by atomic mass is 9.68. The van der Waals surface area contributed by atoms with Crippen LogP contribution in [0.2, 0.25) is 0 Å². The van der Waals surface area contributed by atoms with Crippen molar-refractivity contribution in [2.75, 3.05) is 0 Å². The molecule has 0 bridgehead atoms. The van der Waals surface area contributed by atoms with Crippen LogP contribution in [-0.2, 0) is 11.2 Å². The van der Waals surface area contributed by atoms with E-state index in [1.54, 1.807) is 0 Å². The minimum atomic E-state index is 0.104. The van der Waals surface area contributed by atoms with E-state index in [-0.39, 0.29) is 5.78 Å². The maximum Gasteiger partial charge on any atom is 0.159 e. The fourth-order valence-corrected chi connectivity index (χ4v) is 5.46. The van der Waals surface area contributed by atoms with Gasteiger partial charge in [-0.15, -0.1) is 0 Å². The van der Waals surface area contributed by atoms with E-state index in [1.807, 2.05) is 0 Å². The van der Waals surface area contributed by atoms with Gasteiger partial charge in [0.1, 0.15) is 0 Å². The van der Waals surface area contributed by atoms with Gasteiger partial charge in [0, 0.05) is 6.42 Å². The second-order valence-electron chi connectivity index (χ2n) is 8.77. The van der Waals surface area contributed by atoms with Crippen LogP contribution < -0.4 is 0 Å². The van der Waals surface area contributed by atoms with Crippen LogP contribution in [0.4, 0.5) is 0 Å². The normalized spacial score (nSPS) is 29.3. The molecular weight excluding hydrogens is 316 g/mol. The number of hydrogen-bond acceptors (Lipinski definition) is 1. The van der Waals surface area contributed by atoms with Gasteiger partial charge < -0.3 is 0 Å². The van der Waals surface area contributed by atoms with Crippen molar-refractivity contribution < 1.29 is 4.79 Å². The van der Waals surface area contributed by atoms with Crippen LogP contribution in [0.25, 0.3) is 0 Å². The molecule has 1 aromatic rings. The predicted octanol–water partition coefficient (Wildman–Crippen LogP) is 6.86. The van der Waals surface area contributed by atoms with Crippen molar-refractivity contribution in [2.45, 2.75) is 83.5 Å². The molecule has 142 valence electrons. The van der Waals surface area contributed by atoms with Crippen LogP contribution in [0.15, 0.2) is 36.9 Å². The quantitative estimate of drug-likeness (QED) is 0.490. The Labute approximate surface area is 160 Å². The third-order valence-corrected chi connectivity index (χ3v) is 7.08. The summed E-state index contributed by atoms with van der Waals surface area (Å²) in [5, 5.41) is 0. The second-order valence-corrected chi connectivity index (χ2v) is 8.77. The van der Waals surface area contributed by atoms with Crippen LogP contribution in [0, 0.1) is 17.8 Å². The molecule has 0 amide bonds. The highest BCUT2D eigenvalue weighted by molar-refractivity contribution is 5.90. The van der Waals surface area contributed by atoms with Crippen molar-refractivity contribution in [3.63, 3.8) is 0 Å². The monoisotopic (exact) mass is 352 g/mol. The van der Waals surface area contributed by atoms with Crippen molar-refractivity contribution in [3.05, 3.63) is 48.0 Å². The van der Waals surface area contributed by atoms with E-state index in [4.69, 9.17) is 0 Å². The first-order chi connectivity index (χ1) is 12.7. The van der Waals surface area contributed by atoms with E-state index in [0.29, 0.717) is 6.42 Å². The van der Waals surface area contributed by atoms with Crippen LogP contribution >= 0.6 is 0 Å². The smallest absolute Gasteiger partial charge is 0.159 e. The van der Waals surface area contributed by atoms with Crippen molar-refractivity contribution in [1.82, 2.24) is 0 Å². The molecule has 0 N–H and O–H groups in total. The van der Waals surface area contributed by atoms with E-state index in [0.717, 1.165) is 29.2 Å². The standard InChI is InChI=1S/C25H36O/c1-3-5-19-6-10-21(11-7-19)23-14-16-24(17-15-23)22-12-8-20(9-13-22)18-25(26)4-2/h4,8-9,12-13,19,21,23-24H,2-3,5-7,10-11,14-18H2,1H3. The summed E-state index contributed by atoms with van der Waals surface area (Å²) in [4.78, 5) is 11.5. The van der Waals surface area contributed by atoms with Gasteiger partial charge >= 0.3 is 0 Å². The number of benzene rings is 1. The van der Waals surface area contributed by atoms with Crippen molar-refractivity contribution >= 4 is 5.78 Å². The van der Waals surface area contributed by atoms with E-state index in [2.05, 4.69) is 37.8 Å². The SMILES string of the molecule is C=CC(=O)Cc1ccc(C2CCC(C3CCC(CCC)CC3)CC2)cc1. The van der Waals surface area contributed by atoms with Crippen LogP contribution in [0.5, 0.6) is 0 Å². The van der Waals surface area contributed by atoms with E-state index >= 15 is 0 Å². The Kier molecular flexibility index (Phi) is 7.11. The molecule has 0 spiro atoms. The fraction of sp³-hybridized carbons (Fsp3) is 0.640. The van der Waals surface area contributed by atoms with Gasteiger partial charge in [-0.2, -0.15) is 0 Å². The van der Waals surface area contributed by atoms with Crippen LogP contribution in [-0.4, -0.2) is 5.78 Å². The molecule has 26 heavy (non-hydrogen) atoms. The first kappa shape index (κ1) is 19.4. The summed E-state index contributed by atoms with van der Waals surface area (Å²) in [6.45, 7) is 5.89. The Morgan fingerprint density at radius 3 is 2.08 bits per heavy atom. The van der Waals surface area contributed by atoms with Crippen LogP contribution in [0.1, 0.15) is 88.2 Å². The minimum Gasteiger partial charge on any atom is -0.295 e. The summed E-state index contributed by atoms with van der Waals surface area (Å²) in [5.41, 5.74) is 2.58. The van der Waals surface area contributed by atoms with E-state index in [9.17, 15) is 4.79 Å². The molecule has 0 heterocycles. The van der Waals surface area contributed by atoms with Crippen molar-refractivity contribution in [1.29, 1.82) is 0 Å². The van der Waals surface area contributed by atoms with Crippen molar-refractivity contribution in [3.8, 4) is 0 Å². The largest absolute Gasteiger partial charge is 0.295 e. The average molecular weight is 353 g/mol. The molecule has 0 saturated heterocycles. The zero-order valence-corrected chi connectivity index (χ0v) is 16.6. The fourth-order valence-electron chi connectivity index (χ4n) is 5.46. The minimum absolute atomic E-state index is 0.104. The van der Waals surface area contributed by atoms with Gasteiger partial charge in [0.05, 0.1) is 0 Å². The summed E-state index contributed by atoms with van der Waals surface area (Å²) in [6, 6.07) is 8.79. The zero-order chi connectivity index (χ0) is 18.4. The average Bonchev–Trinajstić information content (AvgIpc) is 2.69. The lowest BCUT2D eigenvalue weighted by molar-refractivity contribution is -0.114. The molecule has 1 heteroatoms. The summed E-state index contributed by atoms with van der Waals surface area (Å²) in [5.74, 6) is 3.85. The van der Waals surface area contributed by atoms with Gasteiger partial charge in [-0.25, -0.2) is 0 Å². The maximum absolute atomic E-state index is 11.5. The summed E-state index contributed by atoms with van der Waals surface area (Å²) in [6.07, 6.45) is 16.2.